The Labute approximate surface area is 207 Å². The number of nitrogens with zero attached hydrogens (tertiary/aromatic N) is 4. The van der Waals surface area contributed by atoms with Crippen molar-refractivity contribution in [2.24, 2.45) is 0 Å². The third-order valence-corrected chi connectivity index (χ3v) is 6.96. The van der Waals surface area contributed by atoms with Gasteiger partial charge in [0.1, 0.15) is 17.5 Å². The van der Waals surface area contributed by atoms with Crippen LogP contribution in [-0.2, 0) is 18.1 Å². The van der Waals surface area contributed by atoms with Crippen LogP contribution < -0.4 is 16.0 Å². The topological polar surface area (TPSA) is 70.3 Å². The van der Waals surface area contributed by atoms with Gasteiger partial charge in [0.15, 0.2) is 0 Å². The summed E-state index contributed by atoms with van der Waals surface area (Å²) >= 11 is 0. The predicted octanol–water partition coefficient (Wildman–Crippen LogP) is 4.90. The Morgan fingerprint density at radius 1 is 1.06 bits per heavy atom. The molecular weight excluding hydrogens is 472 g/mol. The summed E-state index contributed by atoms with van der Waals surface area (Å²) in [6, 6.07) is 9.49. The van der Waals surface area contributed by atoms with Crippen LogP contribution in [0.2, 0.25) is 0 Å². The lowest BCUT2D eigenvalue weighted by atomic mass is 9.72. The van der Waals surface area contributed by atoms with Crippen molar-refractivity contribution in [1.29, 1.82) is 0 Å². The molecule has 3 aromatic rings. The molecule has 3 heterocycles. The average molecular weight is 501 g/mol. The molecule has 0 amide bonds. The summed E-state index contributed by atoms with van der Waals surface area (Å²) in [4.78, 5) is 13.9. The Hall–Kier alpha value is -3.40. The number of hydrogen-bond acceptors (Lipinski definition) is 6. The van der Waals surface area contributed by atoms with Gasteiger partial charge < -0.3 is 20.9 Å². The highest BCUT2D eigenvalue weighted by Gasteiger charge is 2.50. The molecule has 1 atom stereocenters. The minimum atomic E-state index is -4.49. The minimum Gasteiger partial charge on any atom is -0.399 e. The van der Waals surface area contributed by atoms with Crippen molar-refractivity contribution < 1.29 is 17.6 Å². The van der Waals surface area contributed by atoms with E-state index in [4.69, 9.17) is 10.7 Å². The van der Waals surface area contributed by atoms with Gasteiger partial charge in [-0.3, -0.25) is 0 Å². The molecule has 1 spiro atoms. The first-order valence-electron chi connectivity index (χ1n) is 11.7. The fourth-order valence-corrected chi connectivity index (χ4v) is 5.44. The van der Waals surface area contributed by atoms with Crippen LogP contribution in [0.25, 0.3) is 0 Å². The SMILES string of the molecule is Cc1nc(N[C@H](C)c2cc(N)cc(C(F)(F)F)c2)c2c(n1)C1(CN(C)C1)CN(c1ccc(F)cc1)C2. The third kappa shape index (κ3) is 4.45. The number of rotatable bonds is 4. The van der Waals surface area contributed by atoms with Gasteiger partial charge in [0.05, 0.1) is 22.7 Å². The van der Waals surface area contributed by atoms with Crippen LogP contribution in [0.5, 0.6) is 0 Å². The van der Waals surface area contributed by atoms with E-state index in [1.54, 1.807) is 25.1 Å². The molecule has 2 aliphatic heterocycles. The number of benzene rings is 2. The van der Waals surface area contributed by atoms with E-state index < -0.39 is 17.8 Å². The van der Waals surface area contributed by atoms with E-state index in [0.29, 0.717) is 23.8 Å². The lowest BCUT2D eigenvalue weighted by Gasteiger charge is -2.54. The normalized spacial score (nSPS) is 18.0. The monoisotopic (exact) mass is 500 g/mol. The van der Waals surface area contributed by atoms with Crippen molar-refractivity contribution in [3.63, 3.8) is 0 Å². The number of likely N-dealkylation sites (tertiary alicyclic amines) is 1. The number of halogens is 4. The summed E-state index contributed by atoms with van der Waals surface area (Å²) in [6.07, 6.45) is -4.49. The molecule has 5 rings (SSSR count). The Bertz CT molecular complexity index is 1280. The fraction of sp³-hybridized carbons (Fsp3) is 0.385. The zero-order chi connectivity index (χ0) is 25.8. The molecule has 1 fully saturated rings. The van der Waals surface area contributed by atoms with Crippen LogP contribution in [-0.4, -0.2) is 41.5 Å². The van der Waals surface area contributed by atoms with E-state index in [1.807, 2.05) is 6.92 Å². The fourth-order valence-electron chi connectivity index (χ4n) is 5.44. The highest BCUT2D eigenvalue weighted by molar-refractivity contribution is 5.59. The van der Waals surface area contributed by atoms with Crippen molar-refractivity contribution in [3.8, 4) is 0 Å². The molecule has 0 radical (unpaired) electrons. The van der Waals surface area contributed by atoms with Gasteiger partial charge in [-0.2, -0.15) is 13.2 Å². The van der Waals surface area contributed by atoms with Crippen LogP contribution in [0.3, 0.4) is 0 Å². The summed E-state index contributed by atoms with van der Waals surface area (Å²) in [5, 5.41) is 3.34. The van der Waals surface area contributed by atoms with Gasteiger partial charge in [0, 0.05) is 43.1 Å². The molecule has 3 N–H and O–H groups in total. The van der Waals surface area contributed by atoms with Crippen molar-refractivity contribution in [3.05, 3.63) is 76.5 Å². The number of fused-ring (bicyclic) bond motifs is 2. The summed E-state index contributed by atoms with van der Waals surface area (Å²) < 4.78 is 53.7. The Morgan fingerprint density at radius 2 is 1.75 bits per heavy atom. The first-order chi connectivity index (χ1) is 16.9. The van der Waals surface area contributed by atoms with Crippen LogP contribution in [0.4, 0.5) is 34.8 Å². The minimum absolute atomic E-state index is 0.0494. The number of aromatic nitrogens is 2. The Morgan fingerprint density at radius 3 is 2.39 bits per heavy atom. The van der Waals surface area contributed by atoms with Crippen molar-refractivity contribution >= 4 is 17.2 Å². The van der Waals surface area contributed by atoms with Crippen LogP contribution in [0.15, 0.2) is 42.5 Å². The number of alkyl halides is 3. The number of nitrogens with two attached hydrogens (primary N) is 1. The number of nitrogens with one attached hydrogen (secondary N) is 1. The standard InChI is InChI=1S/C26H28F4N6/c1-15(17-8-18(26(28,29)30)10-20(31)9-17)32-24-22-11-36(21-6-4-19(27)5-7-21)14-25(12-35(3)13-25)23(22)33-16(2)34-24/h4-10,15H,11-14,31H2,1-3H3,(H,32,33,34)/t15-/m1/s1. The number of hydrogen-bond donors (Lipinski definition) is 2. The second-order valence-electron chi connectivity index (χ2n) is 9.98. The van der Waals surface area contributed by atoms with Gasteiger partial charge >= 0.3 is 6.18 Å². The molecule has 1 aromatic heterocycles. The molecule has 10 heteroatoms. The quantitative estimate of drug-likeness (QED) is 0.392. The van der Waals surface area contributed by atoms with Crippen molar-refractivity contribution in [1.82, 2.24) is 14.9 Å². The van der Waals surface area contributed by atoms with E-state index in [9.17, 15) is 17.6 Å². The molecule has 0 saturated carbocycles. The molecular formula is C26H28F4N6. The van der Waals surface area contributed by atoms with Gasteiger partial charge in [0.25, 0.3) is 0 Å². The van der Waals surface area contributed by atoms with Gasteiger partial charge in [-0.1, -0.05) is 0 Å². The van der Waals surface area contributed by atoms with Crippen molar-refractivity contribution in [2.45, 2.75) is 38.0 Å². The Balaban J connectivity index is 1.53. The average Bonchev–Trinajstić information content (AvgIpc) is 2.78. The third-order valence-electron chi connectivity index (χ3n) is 6.96. The highest BCUT2D eigenvalue weighted by atomic mass is 19.4. The second-order valence-corrected chi connectivity index (χ2v) is 9.98. The summed E-state index contributed by atoms with van der Waals surface area (Å²) in [5.74, 6) is 0.877. The Kier molecular flexibility index (Phi) is 5.82. The van der Waals surface area contributed by atoms with Gasteiger partial charge in [-0.25, -0.2) is 14.4 Å². The van der Waals surface area contributed by atoms with E-state index >= 15 is 0 Å². The van der Waals surface area contributed by atoms with Crippen LogP contribution in [0.1, 0.15) is 41.2 Å². The number of likely N-dealkylation sites (N-methyl/N-ethyl adjacent to an activating group) is 1. The van der Waals surface area contributed by atoms with E-state index in [-0.39, 0.29) is 16.9 Å². The lowest BCUT2D eigenvalue weighted by molar-refractivity contribution is -0.137. The lowest BCUT2D eigenvalue weighted by Crippen LogP contribution is -2.65. The molecule has 0 aliphatic carbocycles. The second kappa shape index (κ2) is 8.62. The summed E-state index contributed by atoms with van der Waals surface area (Å²) in [5.41, 5.74) is 8.01. The molecule has 2 aromatic carbocycles. The molecule has 2 aliphatic rings. The largest absolute Gasteiger partial charge is 0.416 e. The maximum Gasteiger partial charge on any atom is 0.416 e. The molecule has 190 valence electrons. The van der Waals surface area contributed by atoms with Gasteiger partial charge in [-0.15, -0.1) is 0 Å². The molecule has 1 saturated heterocycles. The van der Waals surface area contributed by atoms with Gasteiger partial charge in [-0.05, 0) is 68.9 Å². The predicted molar refractivity (Wildman–Crippen MR) is 131 cm³/mol. The van der Waals surface area contributed by atoms with E-state index in [2.05, 4.69) is 27.1 Å². The summed E-state index contributed by atoms with van der Waals surface area (Å²) in [6.45, 7) is 6.45. The van der Waals surface area contributed by atoms with E-state index in [1.165, 1.54) is 12.1 Å². The van der Waals surface area contributed by atoms with Crippen molar-refractivity contribution in [2.75, 3.05) is 42.6 Å². The maximum atomic E-state index is 13.6. The molecule has 0 bridgehead atoms. The zero-order valence-corrected chi connectivity index (χ0v) is 20.3. The van der Waals surface area contributed by atoms with Crippen LogP contribution >= 0.6 is 0 Å². The first-order valence-corrected chi connectivity index (χ1v) is 11.7. The van der Waals surface area contributed by atoms with E-state index in [0.717, 1.165) is 48.7 Å². The zero-order valence-electron chi connectivity index (χ0n) is 20.3. The summed E-state index contributed by atoms with van der Waals surface area (Å²) in [7, 11) is 2.05. The van der Waals surface area contributed by atoms with Gasteiger partial charge in [0.2, 0.25) is 0 Å². The van der Waals surface area contributed by atoms with Crippen LogP contribution in [0, 0.1) is 12.7 Å². The number of nitrogen functional groups attached to an aromatic ring is 1. The highest BCUT2D eigenvalue weighted by Crippen LogP contribution is 2.43. The molecule has 0 unspecified atom stereocenters. The maximum absolute atomic E-state index is 13.6. The molecule has 36 heavy (non-hydrogen) atoms. The smallest absolute Gasteiger partial charge is 0.399 e. The number of anilines is 3. The molecule has 6 nitrogen and oxygen atoms in total. The first kappa shape index (κ1) is 24.3. The number of aryl methyl sites for hydroxylation is 1.